The molecule has 0 fully saturated rings. The van der Waals surface area contributed by atoms with Crippen LogP contribution in [0.25, 0.3) is 0 Å². The second kappa shape index (κ2) is 1.37. The van der Waals surface area contributed by atoms with Crippen LogP contribution in [0, 0.1) is 0 Å². The Bertz CT molecular complexity index is 25.1. The number of rotatable bonds is 0. The molecule has 0 saturated heterocycles. The van der Waals surface area contributed by atoms with Gasteiger partial charge in [0, 0.05) is 0 Å². The molecule has 0 spiro atoms. The fourth-order valence-corrected chi connectivity index (χ4v) is 0. The van der Waals surface area contributed by atoms with Gasteiger partial charge in [0.25, 0.3) is 0 Å². The predicted molar refractivity (Wildman–Crippen MR) is 24.8 cm³/mol. The molecule has 0 amide bonds. The van der Waals surface area contributed by atoms with Crippen molar-refractivity contribution in [3.05, 3.63) is 0 Å². The monoisotopic (exact) mass is 116 g/mol. The summed E-state index contributed by atoms with van der Waals surface area (Å²) in [6, 6.07) is 0. The summed E-state index contributed by atoms with van der Waals surface area (Å²) < 4.78 is 0. The molecule has 0 saturated carbocycles. The molecule has 0 aromatic carbocycles. The zero-order chi connectivity index (χ0) is 4.50. The molecule has 0 aliphatic carbocycles. The van der Waals surface area contributed by atoms with Gasteiger partial charge in [0.1, 0.15) is 0 Å². The average Bonchev–Trinajstić information content (AvgIpc) is 0.722. The minimum absolute atomic E-state index is 3.14. The third-order valence-corrected chi connectivity index (χ3v) is 0. The van der Waals surface area contributed by atoms with Gasteiger partial charge >= 0.3 is 34.3 Å². The van der Waals surface area contributed by atoms with E-state index in [9.17, 15) is 0 Å². The summed E-state index contributed by atoms with van der Waals surface area (Å²) in [5.74, 6) is 0. The van der Waals surface area contributed by atoms with Crippen molar-refractivity contribution in [1.82, 2.24) is 0 Å². The average molecular weight is 116 g/mol. The van der Waals surface area contributed by atoms with Gasteiger partial charge in [-0.05, 0) is 0 Å². The first-order valence-corrected chi connectivity index (χ1v) is 4.10. The van der Waals surface area contributed by atoms with Gasteiger partial charge < -0.3 is 0 Å². The molecule has 5 N–H and O–H groups in total. The van der Waals surface area contributed by atoms with E-state index in [1.807, 2.05) is 0 Å². The summed E-state index contributed by atoms with van der Waals surface area (Å²) in [5.41, 5.74) is 9.18. The molecule has 0 radical (unpaired) electrons. The van der Waals surface area contributed by atoms with Crippen LogP contribution < -0.4 is 11.0 Å². The van der Waals surface area contributed by atoms with E-state index in [-0.39, 0.29) is 0 Å². The molecular weight excluding hydrogens is 110 g/mol. The molecule has 0 aromatic heterocycles. The molecule has 0 unspecified atom stereocenters. The molecule has 5 heavy (non-hydrogen) atoms. The van der Waals surface area contributed by atoms with Crippen LogP contribution in [-0.2, 0) is 0 Å². The maximum absolute atomic E-state index is 7.98. The third kappa shape index (κ3) is 86.4. The van der Waals surface area contributed by atoms with Gasteiger partial charge in [-0.1, -0.05) is 0 Å². The van der Waals surface area contributed by atoms with Crippen LogP contribution in [0.2, 0.25) is 0 Å². The van der Waals surface area contributed by atoms with Gasteiger partial charge in [-0.15, -0.1) is 0 Å². The van der Waals surface area contributed by atoms with E-state index in [0.29, 0.717) is 0 Å². The maximum atomic E-state index is 7.98. The number of hydrogen-bond acceptors (Lipinski definition) is 3. The molecule has 0 aliphatic rings. The first-order chi connectivity index (χ1) is 2.00. The second-order valence-electron chi connectivity index (χ2n) is 0.728. The molecule has 3 nitrogen and oxygen atoms in total. The Balaban J connectivity index is 3.02. The van der Waals surface area contributed by atoms with Crippen LogP contribution in [0.1, 0.15) is 0 Å². The third-order valence-electron chi connectivity index (χ3n) is 0. The first-order valence-electron chi connectivity index (χ1n) is 0.990. The number of halogens is 1. The van der Waals surface area contributed by atoms with Crippen LogP contribution in [0.4, 0.5) is 0 Å². The van der Waals surface area contributed by atoms with Crippen LogP contribution in [0.3, 0.4) is 0 Å². The van der Waals surface area contributed by atoms with E-state index in [2.05, 4.69) is 11.0 Å². The van der Waals surface area contributed by atoms with Gasteiger partial charge in [-0.3, -0.25) is 0 Å². The molecular formula is H6ClN2OP. The van der Waals surface area contributed by atoms with E-state index in [0.717, 1.165) is 0 Å². The van der Waals surface area contributed by atoms with Crippen molar-refractivity contribution < 1.29 is 4.89 Å². The summed E-state index contributed by atoms with van der Waals surface area (Å²) in [4.78, 5) is 7.98. The molecule has 0 rings (SSSR count). The Hall–Kier alpha value is 0.600. The van der Waals surface area contributed by atoms with E-state index in [1.54, 1.807) is 0 Å². The zero-order valence-electron chi connectivity index (χ0n) is 2.48. The fraction of sp³-hybridized carbons (Fsp3) is 0. The van der Waals surface area contributed by atoms with Crippen LogP contribution in [-0.4, -0.2) is 4.89 Å². The predicted octanol–water partition coefficient (Wildman–Crippen LogP) is -0.455. The summed E-state index contributed by atoms with van der Waals surface area (Å²) in [5, 5.41) is 0. The number of nitrogens with two attached hydrogens (primary N) is 2. The van der Waals surface area contributed by atoms with Crippen LogP contribution >= 0.6 is 18.4 Å². The molecule has 0 aliphatic heterocycles. The van der Waals surface area contributed by atoms with Crippen molar-refractivity contribution >= 4 is 18.4 Å². The normalized spacial score (nSPS) is 15.2. The van der Waals surface area contributed by atoms with Crippen molar-refractivity contribution in [2.24, 2.45) is 11.0 Å². The Labute approximate surface area is 35.2 Å². The van der Waals surface area contributed by atoms with E-state index >= 15 is 0 Å². The summed E-state index contributed by atoms with van der Waals surface area (Å²) in [7, 11) is -3.14. The standard InChI is InChI=1S/ClH6N2OP/c1-5(2,3)4/h4-5H,2-3H2. The summed E-state index contributed by atoms with van der Waals surface area (Å²) >= 11 is 4.78. The van der Waals surface area contributed by atoms with E-state index < -0.39 is 7.14 Å². The topological polar surface area (TPSA) is 72.3 Å². The van der Waals surface area contributed by atoms with Gasteiger partial charge in [0.05, 0.1) is 0 Å². The van der Waals surface area contributed by atoms with Crippen molar-refractivity contribution in [2.75, 3.05) is 0 Å². The Morgan fingerprint density at radius 1 is 1.60 bits per heavy atom. The van der Waals surface area contributed by atoms with Gasteiger partial charge in [0.15, 0.2) is 0 Å². The SMILES string of the molecule is N[PH](N)(O)Cl. The molecule has 0 heterocycles. The zero-order valence-corrected chi connectivity index (χ0v) is 4.24. The van der Waals surface area contributed by atoms with Crippen molar-refractivity contribution in [3.63, 3.8) is 0 Å². The Kier molecular flexibility index (Phi) is 1.53. The van der Waals surface area contributed by atoms with Gasteiger partial charge in [-0.2, -0.15) is 0 Å². The fourth-order valence-electron chi connectivity index (χ4n) is 0. The minimum atomic E-state index is -3.14. The molecule has 5 heteroatoms. The molecule has 0 bridgehead atoms. The second-order valence-corrected chi connectivity index (χ2v) is 4.00. The Morgan fingerprint density at radius 3 is 1.60 bits per heavy atom. The summed E-state index contributed by atoms with van der Waals surface area (Å²) in [6.45, 7) is 0. The number of hydrogen-bond donors (Lipinski definition) is 3. The quantitative estimate of drug-likeness (QED) is 0.375. The van der Waals surface area contributed by atoms with Crippen molar-refractivity contribution in [1.29, 1.82) is 0 Å². The molecule has 34 valence electrons. The van der Waals surface area contributed by atoms with Crippen LogP contribution in [0.15, 0.2) is 0 Å². The van der Waals surface area contributed by atoms with Gasteiger partial charge in [0.2, 0.25) is 0 Å². The van der Waals surface area contributed by atoms with Crippen LogP contribution in [0.5, 0.6) is 0 Å². The van der Waals surface area contributed by atoms with Crippen molar-refractivity contribution in [2.45, 2.75) is 0 Å². The molecule has 0 aromatic rings. The first kappa shape index (κ1) is 5.60. The van der Waals surface area contributed by atoms with Gasteiger partial charge in [-0.25, -0.2) is 0 Å². The van der Waals surface area contributed by atoms with Crippen molar-refractivity contribution in [3.8, 4) is 0 Å². The Morgan fingerprint density at radius 2 is 1.60 bits per heavy atom. The van der Waals surface area contributed by atoms with E-state index in [4.69, 9.17) is 16.1 Å². The molecule has 0 atom stereocenters. The summed E-state index contributed by atoms with van der Waals surface area (Å²) in [6.07, 6.45) is 0. The van der Waals surface area contributed by atoms with E-state index in [1.165, 1.54) is 0 Å².